The number of aromatic nitrogens is 1. The Labute approximate surface area is 242 Å². The van der Waals surface area contributed by atoms with E-state index in [0.29, 0.717) is 44.6 Å². The maximum atomic E-state index is 13.2. The number of hydrogen-bond donors (Lipinski definition) is 1. The zero-order valence-corrected chi connectivity index (χ0v) is 24.0. The number of rotatable bonds is 9. The Balaban J connectivity index is 1.75. The molecule has 1 heterocycles. The largest absolute Gasteiger partial charge is 0.493 e. The molecule has 0 aliphatic rings. The second kappa shape index (κ2) is 12.5. The lowest BCUT2D eigenvalue weighted by Gasteiger charge is -2.17. The SMILES string of the molecule is COc1ccc(-c2cc(-c3ccc(C)cc3)nc(SC(C)C(=O)Nc3ccc([N+](=O)[O-])cc3C)c2C#N)cc1OC. The van der Waals surface area contributed by atoms with E-state index in [2.05, 4.69) is 11.4 Å². The van der Waals surface area contributed by atoms with Crippen molar-refractivity contribution in [3.63, 3.8) is 0 Å². The smallest absolute Gasteiger partial charge is 0.269 e. The number of benzene rings is 3. The Bertz CT molecular complexity index is 1660. The number of carbonyl (C=O) groups excluding carboxylic acids is 1. The fourth-order valence-electron chi connectivity index (χ4n) is 4.18. The summed E-state index contributed by atoms with van der Waals surface area (Å²) >= 11 is 1.16. The predicted molar refractivity (Wildman–Crippen MR) is 159 cm³/mol. The third kappa shape index (κ3) is 6.48. The summed E-state index contributed by atoms with van der Waals surface area (Å²) in [6.45, 7) is 5.41. The van der Waals surface area contributed by atoms with Gasteiger partial charge in [-0.05, 0) is 56.2 Å². The molecule has 1 atom stereocenters. The third-order valence-corrected chi connectivity index (χ3v) is 7.56. The number of anilines is 1. The van der Waals surface area contributed by atoms with E-state index in [-0.39, 0.29) is 11.6 Å². The van der Waals surface area contributed by atoms with Gasteiger partial charge in [0.25, 0.3) is 5.69 Å². The molecule has 3 aromatic carbocycles. The molecular formula is C31H28N4O5S. The van der Waals surface area contributed by atoms with Crippen LogP contribution in [0.2, 0.25) is 0 Å². The number of nitrogens with zero attached hydrogens (tertiary/aromatic N) is 3. The average molecular weight is 569 g/mol. The van der Waals surface area contributed by atoms with Gasteiger partial charge in [-0.1, -0.05) is 47.7 Å². The molecule has 208 valence electrons. The molecule has 41 heavy (non-hydrogen) atoms. The number of thioether (sulfide) groups is 1. The van der Waals surface area contributed by atoms with Crippen LogP contribution < -0.4 is 14.8 Å². The minimum atomic E-state index is -0.643. The van der Waals surface area contributed by atoms with Crippen LogP contribution in [0.1, 0.15) is 23.6 Å². The number of methoxy groups -OCH3 is 2. The topological polar surface area (TPSA) is 127 Å². The first-order chi connectivity index (χ1) is 19.6. The molecule has 0 radical (unpaired) electrons. The van der Waals surface area contributed by atoms with Gasteiger partial charge in [-0.15, -0.1) is 0 Å². The van der Waals surface area contributed by atoms with Crippen molar-refractivity contribution in [3.8, 4) is 40.0 Å². The lowest BCUT2D eigenvalue weighted by molar-refractivity contribution is -0.384. The summed E-state index contributed by atoms with van der Waals surface area (Å²) in [4.78, 5) is 28.6. The molecule has 0 spiro atoms. The quantitative estimate of drug-likeness (QED) is 0.131. The van der Waals surface area contributed by atoms with E-state index >= 15 is 0 Å². The van der Waals surface area contributed by atoms with Gasteiger partial charge in [-0.2, -0.15) is 5.26 Å². The number of ether oxygens (including phenoxy) is 2. The van der Waals surface area contributed by atoms with Crippen LogP contribution in [0.4, 0.5) is 11.4 Å². The lowest BCUT2D eigenvalue weighted by atomic mass is 9.98. The van der Waals surface area contributed by atoms with Crippen LogP contribution in [0.25, 0.3) is 22.4 Å². The van der Waals surface area contributed by atoms with Crippen LogP contribution in [0.15, 0.2) is 71.8 Å². The Morgan fingerprint density at radius 1 is 1.00 bits per heavy atom. The maximum Gasteiger partial charge on any atom is 0.269 e. The van der Waals surface area contributed by atoms with Crippen molar-refractivity contribution in [2.45, 2.75) is 31.0 Å². The van der Waals surface area contributed by atoms with Crippen molar-refractivity contribution >= 4 is 29.0 Å². The summed E-state index contributed by atoms with van der Waals surface area (Å²) in [6.07, 6.45) is 0. The van der Waals surface area contributed by atoms with E-state index in [0.717, 1.165) is 28.5 Å². The van der Waals surface area contributed by atoms with Gasteiger partial charge in [0, 0.05) is 28.9 Å². The molecule has 0 saturated carbocycles. The predicted octanol–water partition coefficient (Wildman–Crippen LogP) is 6.95. The molecular weight excluding hydrogens is 540 g/mol. The fourth-order valence-corrected chi connectivity index (χ4v) is 5.10. The van der Waals surface area contributed by atoms with Crippen molar-refractivity contribution in [2.24, 2.45) is 0 Å². The van der Waals surface area contributed by atoms with Crippen molar-refractivity contribution in [3.05, 3.63) is 93.5 Å². The molecule has 0 saturated heterocycles. The number of nitriles is 1. The first-order valence-electron chi connectivity index (χ1n) is 12.6. The highest BCUT2D eigenvalue weighted by Gasteiger charge is 2.23. The molecule has 1 amide bonds. The van der Waals surface area contributed by atoms with Gasteiger partial charge >= 0.3 is 0 Å². The van der Waals surface area contributed by atoms with E-state index in [1.165, 1.54) is 18.2 Å². The molecule has 1 unspecified atom stereocenters. The summed E-state index contributed by atoms with van der Waals surface area (Å²) in [7, 11) is 3.10. The van der Waals surface area contributed by atoms with Crippen molar-refractivity contribution in [1.82, 2.24) is 4.98 Å². The second-order valence-electron chi connectivity index (χ2n) is 9.29. The van der Waals surface area contributed by atoms with Crippen molar-refractivity contribution in [2.75, 3.05) is 19.5 Å². The molecule has 4 rings (SSSR count). The van der Waals surface area contributed by atoms with Crippen LogP contribution in [0.3, 0.4) is 0 Å². The van der Waals surface area contributed by atoms with E-state index in [9.17, 15) is 20.2 Å². The van der Waals surface area contributed by atoms with Crippen LogP contribution in [-0.2, 0) is 4.79 Å². The average Bonchev–Trinajstić information content (AvgIpc) is 2.97. The molecule has 9 nitrogen and oxygen atoms in total. The minimum Gasteiger partial charge on any atom is -0.493 e. The molecule has 0 aliphatic carbocycles. The summed E-state index contributed by atoms with van der Waals surface area (Å²) in [5, 5.41) is 23.9. The number of non-ortho nitro benzene ring substituents is 1. The van der Waals surface area contributed by atoms with E-state index in [4.69, 9.17) is 14.5 Å². The highest BCUT2D eigenvalue weighted by molar-refractivity contribution is 8.00. The van der Waals surface area contributed by atoms with Gasteiger partial charge in [0.05, 0.1) is 35.7 Å². The number of aryl methyl sites for hydroxylation is 2. The Morgan fingerprint density at radius 3 is 2.29 bits per heavy atom. The number of nitro benzene ring substituents is 1. The van der Waals surface area contributed by atoms with Crippen molar-refractivity contribution < 1.29 is 19.2 Å². The number of hydrogen-bond acceptors (Lipinski definition) is 8. The first kappa shape index (κ1) is 29.1. The number of amides is 1. The fraction of sp³-hybridized carbons (Fsp3) is 0.194. The van der Waals surface area contributed by atoms with Gasteiger partial charge < -0.3 is 14.8 Å². The molecule has 0 fully saturated rings. The summed E-state index contributed by atoms with van der Waals surface area (Å²) in [6, 6.07) is 21.7. The van der Waals surface area contributed by atoms with E-state index in [1.807, 2.05) is 43.3 Å². The minimum absolute atomic E-state index is 0.0543. The van der Waals surface area contributed by atoms with Gasteiger partial charge in [-0.3, -0.25) is 14.9 Å². The second-order valence-corrected chi connectivity index (χ2v) is 10.6. The summed E-state index contributed by atoms with van der Waals surface area (Å²) in [5.41, 5.74) is 5.29. The molecule has 4 aromatic rings. The van der Waals surface area contributed by atoms with Crippen LogP contribution >= 0.6 is 11.8 Å². The Hall–Kier alpha value is -4.88. The molecule has 1 aromatic heterocycles. The first-order valence-corrected chi connectivity index (χ1v) is 13.5. The third-order valence-electron chi connectivity index (χ3n) is 6.48. The van der Waals surface area contributed by atoms with Crippen LogP contribution in [0, 0.1) is 35.3 Å². The van der Waals surface area contributed by atoms with Gasteiger partial charge in [0.1, 0.15) is 11.1 Å². The van der Waals surface area contributed by atoms with Crippen LogP contribution in [0.5, 0.6) is 11.5 Å². The van der Waals surface area contributed by atoms with E-state index in [1.54, 1.807) is 40.2 Å². The number of carbonyl (C=O) groups is 1. The Kier molecular flexibility index (Phi) is 8.90. The van der Waals surface area contributed by atoms with Crippen molar-refractivity contribution in [1.29, 1.82) is 5.26 Å². The summed E-state index contributed by atoms with van der Waals surface area (Å²) < 4.78 is 10.9. The normalized spacial score (nSPS) is 11.3. The molecule has 10 heteroatoms. The standard InChI is InChI=1S/C31H28N4O5S/c1-18-6-8-21(9-7-18)27-16-24(22-10-13-28(39-4)29(15-22)40-5)25(17-32)31(34-27)41-20(3)30(36)33-26-12-11-23(35(37)38)14-19(26)2/h6-16,20H,1-5H3,(H,33,36). The zero-order valence-electron chi connectivity index (χ0n) is 23.2. The van der Waals surface area contributed by atoms with Gasteiger partial charge in [-0.25, -0.2) is 4.98 Å². The van der Waals surface area contributed by atoms with E-state index < -0.39 is 10.2 Å². The number of nitro groups is 1. The van der Waals surface area contributed by atoms with Gasteiger partial charge in [0.2, 0.25) is 5.91 Å². The summed E-state index contributed by atoms with van der Waals surface area (Å²) in [5.74, 6) is 0.748. The Morgan fingerprint density at radius 2 is 1.68 bits per heavy atom. The monoisotopic (exact) mass is 568 g/mol. The zero-order chi connectivity index (χ0) is 29.7. The lowest BCUT2D eigenvalue weighted by Crippen LogP contribution is -2.23. The number of pyridine rings is 1. The highest BCUT2D eigenvalue weighted by atomic mass is 32.2. The number of nitrogens with one attached hydrogen (secondary N) is 1. The molecule has 0 bridgehead atoms. The molecule has 0 aliphatic heterocycles. The highest BCUT2D eigenvalue weighted by Crippen LogP contribution is 2.39. The van der Waals surface area contributed by atoms with Gasteiger partial charge in [0.15, 0.2) is 11.5 Å². The van der Waals surface area contributed by atoms with Crippen LogP contribution in [-0.4, -0.2) is 35.3 Å². The molecule has 1 N–H and O–H groups in total. The maximum absolute atomic E-state index is 13.2.